The number of hydrogen-bond acceptors (Lipinski definition) is 7. The lowest BCUT2D eigenvalue weighted by Gasteiger charge is -2.65. The predicted molar refractivity (Wildman–Crippen MR) is 146 cm³/mol. The normalized spacial score (nSPS) is 48.8. The summed E-state index contributed by atoms with van der Waals surface area (Å²) in [5.74, 6) is 1.42. The average molecular weight is 569 g/mol. The van der Waals surface area contributed by atoms with E-state index in [9.17, 15) is 33.1 Å². The van der Waals surface area contributed by atoms with Gasteiger partial charge in [0, 0.05) is 19.5 Å². The summed E-state index contributed by atoms with van der Waals surface area (Å²) in [6.07, 6.45) is 6.04. The van der Waals surface area contributed by atoms with Gasteiger partial charge in [-0.25, -0.2) is 8.42 Å². The molecule has 224 valence electrons. The van der Waals surface area contributed by atoms with Crippen LogP contribution in [0.4, 0.5) is 0 Å². The van der Waals surface area contributed by atoms with E-state index < -0.39 is 27.6 Å². The molecule has 13 atom stereocenters. The van der Waals surface area contributed by atoms with Crippen molar-refractivity contribution in [3.63, 3.8) is 0 Å². The number of carbonyl (C=O) groups is 1. The molecule has 0 aromatic carbocycles. The Kier molecular flexibility index (Phi) is 8.02. The Balaban J connectivity index is 1.30. The average Bonchev–Trinajstić information content (AvgIpc) is 3.51. The summed E-state index contributed by atoms with van der Waals surface area (Å²) < 4.78 is 34.1. The zero-order valence-electron chi connectivity index (χ0n) is 24.2. The van der Waals surface area contributed by atoms with Gasteiger partial charge < -0.3 is 24.8 Å². The Bertz CT molecular complexity index is 1040. The van der Waals surface area contributed by atoms with Crippen LogP contribution in [-0.4, -0.2) is 75.7 Å². The minimum Gasteiger partial charge on any atom is -0.748 e. The largest absolute Gasteiger partial charge is 0.748 e. The molecule has 0 bridgehead atoms. The number of hydrogen-bond donors (Lipinski definition) is 3. The zero-order valence-corrected chi connectivity index (χ0v) is 25.0. The van der Waals surface area contributed by atoms with Crippen molar-refractivity contribution in [2.75, 3.05) is 13.1 Å². The number of likely N-dealkylation sites (tertiary alicyclic amines) is 1. The zero-order chi connectivity index (χ0) is 28.5. The first-order chi connectivity index (χ1) is 18.2. The first-order valence-electron chi connectivity index (χ1n) is 15.5. The minimum atomic E-state index is -4.38. The van der Waals surface area contributed by atoms with Crippen molar-refractivity contribution in [1.82, 2.24) is 4.90 Å². The highest BCUT2D eigenvalue weighted by atomic mass is 32.2. The third-order valence-electron chi connectivity index (χ3n) is 13.0. The van der Waals surface area contributed by atoms with E-state index in [4.69, 9.17) is 0 Å². The van der Waals surface area contributed by atoms with E-state index in [1.807, 2.05) is 0 Å². The molecule has 0 radical (unpaired) electrons. The smallest absolute Gasteiger partial charge is 0.222 e. The molecular weight excluding hydrogens is 518 g/mol. The van der Waals surface area contributed by atoms with Crippen molar-refractivity contribution in [3.05, 3.63) is 0 Å². The monoisotopic (exact) mass is 568 g/mol. The second-order valence-electron chi connectivity index (χ2n) is 14.5. The van der Waals surface area contributed by atoms with Gasteiger partial charge in [-0.15, -0.1) is 0 Å². The van der Waals surface area contributed by atoms with E-state index in [-0.39, 0.29) is 77.2 Å². The molecule has 0 aromatic rings. The standard InChI is InChI=1S/C30H51NO7S/c1-5-20-23-14-18(32)10-12-29(23,3)24-15-25(33)30(4)21(7-8-22(30)27(24)28(20)35)17(2)6-9-26(34)31-13-11-19(16-31)39(36,37)38/h17-25,27-28,32-33,35H,5-16H2,1-4H3,(H,36,37,38)/p-1/t17-,18-,19-,20-,21-,22+,23+,24+,25+,27+,28-,29+,30-/m1/s1. The molecule has 4 saturated carbocycles. The van der Waals surface area contributed by atoms with Crippen LogP contribution in [0.2, 0.25) is 0 Å². The van der Waals surface area contributed by atoms with E-state index in [0.29, 0.717) is 25.8 Å². The van der Waals surface area contributed by atoms with Crippen LogP contribution < -0.4 is 0 Å². The molecule has 0 unspecified atom stereocenters. The summed E-state index contributed by atoms with van der Waals surface area (Å²) in [7, 11) is -4.38. The maximum atomic E-state index is 12.9. The van der Waals surface area contributed by atoms with Crippen molar-refractivity contribution in [2.45, 2.75) is 115 Å². The van der Waals surface area contributed by atoms with E-state index in [1.165, 1.54) is 4.90 Å². The van der Waals surface area contributed by atoms with Crippen LogP contribution in [0.15, 0.2) is 0 Å². The molecule has 0 spiro atoms. The number of rotatable bonds is 6. The van der Waals surface area contributed by atoms with Crippen molar-refractivity contribution >= 4 is 16.0 Å². The number of carbonyl (C=O) groups excluding carboxylic acids is 1. The molecule has 1 aliphatic heterocycles. The summed E-state index contributed by atoms with van der Waals surface area (Å²) in [4.78, 5) is 14.4. The van der Waals surface area contributed by atoms with Gasteiger partial charge in [-0.2, -0.15) is 0 Å². The van der Waals surface area contributed by atoms with Gasteiger partial charge in [-0.3, -0.25) is 4.79 Å². The van der Waals surface area contributed by atoms with Crippen LogP contribution in [0.5, 0.6) is 0 Å². The maximum Gasteiger partial charge on any atom is 0.222 e. The fraction of sp³-hybridized carbons (Fsp3) is 0.967. The Morgan fingerprint density at radius 3 is 2.41 bits per heavy atom. The van der Waals surface area contributed by atoms with E-state index in [2.05, 4.69) is 27.7 Å². The quantitative estimate of drug-likeness (QED) is 0.419. The molecule has 5 fully saturated rings. The number of nitrogens with zero attached hydrogens (tertiary/aromatic N) is 1. The Hall–Kier alpha value is -0.740. The first kappa shape index (κ1) is 29.7. The van der Waals surface area contributed by atoms with Gasteiger partial charge >= 0.3 is 0 Å². The van der Waals surface area contributed by atoms with Gasteiger partial charge in [0.25, 0.3) is 0 Å². The molecule has 1 heterocycles. The van der Waals surface area contributed by atoms with Crippen molar-refractivity contribution in [2.24, 2.45) is 52.3 Å². The van der Waals surface area contributed by atoms with Gasteiger partial charge in [0.05, 0.1) is 33.7 Å². The van der Waals surface area contributed by atoms with Gasteiger partial charge in [-0.05, 0) is 104 Å². The van der Waals surface area contributed by atoms with Gasteiger partial charge in [0.1, 0.15) is 0 Å². The lowest BCUT2D eigenvalue weighted by atomic mass is 9.41. The fourth-order valence-electron chi connectivity index (χ4n) is 10.8. The number of fused-ring (bicyclic) bond motifs is 5. The molecule has 1 saturated heterocycles. The Labute approximate surface area is 234 Å². The minimum absolute atomic E-state index is 0.00266. The number of aliphatic hydroxyl groups excluding tert-OH is 3. The highest BCUT2D eigenvalue weighted by Gasteiger charge is 2.67. The Morgan fingerprint density at radius 2 is 1.77 bits per heavy atom. The summed E-state index contributed by atoms with van der Waals surface area (Å²) in [5.41, 5.74) is -0.303. The maximum absolute atomic E-state index is 12.9. The topological polar surface area (TPSA) is 138 Å². The van der Waals surface area contributed by atoms with Crippen LogP contribution in [0, 0.1) is 52.3 Å². The highest BCUT2D eigenvalue weighted by molar-refractivity contribution is 7.86. The summed E-state index contributed by atoms with van der Waals surface area (Å²) >= 11 is 0. The van der Waals surface area contributed by atoms with E-state index in [1.54, 1.807) is 0 Å². The molecule has 1 amide bonds. The lowest BCUT2D eigenvalue weighted by Crippen LogP contribution is -2.65. The molecule has 39 heavy (non-hydrogen) atoms. The van der Waals surface area contributed by atoms with Crippen molar-refractivity contribution < 1.29 is 33.1 Å². The molecule has 3 N–H and O–H groups in total. The highest BCUT2D eigenvalue weighted by Crippen LogP contribution is 2.69. The van der Waals surface area contributed by atoms with Gasteiger partial charge in [-0.1, -0.05) is 34.1 Å². The number of amides is 1. The fourth-order valence-corrected chi connectivity index (χ4v) is 11.5. The SMILES string of the molecule is CC[C@H]1[C@@H](O)[C@@H]2[C@H](C[C@H](O)[C@]3(C)[C@@H]([C@H](C)CCC(=O)N4CC[C@@H](S(=O)(=O)[O-])C4)CC[C@@H]23)[C@@]2(C)CC[C@@H](O)C[C@@H]12. The summed E-state index contributed by atoms with van der Waals surface area (Å²) in [6.45, 7) is 9.25. The van der Waals surface area contributed by atoms with Gasteiger partial charge in [0.15, 0.2) is 0 Å². The van der Waals surface area contributed by atoms with Crippen molar-refractivity contribution in [3.8, 4) is 0 Å². The molecule has 0 aromatic heterocycles. The molecule has 8 nitrogen and oxygen atoms in total. The molecule has 4 aliphatic carbocycles. The molecule has 5 rings (SSSR count). The Morgan fingerprint density at radius 1 is 1.05 bits per heavy atom. The first-order valence-corrected chi connectivity index (χ1v) is 17.0. The van der Waals surface area contributed by atoms with Gasteiger partial charge in [0.2, 0.25) is 5.91 Å². The summed E-state index contributed by atoms with van der Waals surface area (Å²) in [6, 6.07) is 0. The number of aliphatic hydroxyl groups is 3. The predicted octanol–water partition coefficient (Wildman–Crippen LogP) is 3.15. The van der Waals surface area contributed by atoms with Crippen molar-refractivity contribution in [1.29, 1.82) is 0 Å². The molecule has 9 heteroatoms. The lowest BCUT2D eigenvalue weighted by molar-refractivity contribution is -0.228. The van der Waals surface area contributed by atoms with E-state index >= 15 is 0 Å². The second-order valence-corrected chi connectivity index (χ2v) is 16.1. The third-order valence-corrected chi connectivity index (χ3v) is 14.2. The van der Waals surface area contributed by atoms with Crippen LogP contribution in [-0.2, 0) is 14.9 Å². The van der Waals surface area contributed by atoms with E-state index in [0.717, 1.165) is 38.5 Å². The molecule has 5 aliphatic rings. The van der Waals surface area contributed by atoms with Crippen LogP contribution in [0.1, 0.15) is 91.9 Å². The second kappa shape index (κ2) is 10.5. The van der Waals surface area contributed by atoms with Crippen LogP contribution >= 0.6 is 0 Å². The van der Waals surface area contributed by atoms with Crippen LogP contribution in [0.25, 0.3) is 0 Å². The summed E-state index contributed by atoms with van der Waals surface area (Å²) in [5, 5.41) is 33.2. The molecular formula is C30H50NO7S-. The third kappa shape index (κ3) is 4.80. The van der Waals surface area contributed by atoms with Crippen LogP contribution in [0.3, 0.4) is 0 Å².